The normalized spacial score (nSPS) is 19.8. The van der Waals surface area contributed by atoms with E-state index in [9.17, 15) is 8.42 Å². The summed E-state index contributed by atoms with van der Waals surface area (Å²) in [6.45, 7) is 5.70. The number of benzene rings is 1. The Labute approximate surface area is 181 Å². The molecule has 0 bridgehead atoms. The van der Waals surface area contributed by atoms with E-state index in [1.165, 1.54) is 19.3 Å². The first-order chi connectivity index (χ1) is 14.4. The number of amidine groups is 1. The third-order valence-corrected chi connectivity index (χ3v) is 7.54. The predicted molar refractivity (Wildman–Crippen MR) is 120 cm³/mol. The molecule has 0 amide bonds. The first-order valence-corrected chi connectivity index (χ1v) is 12.7. The van der Waals surface area contributed by atoms with E-state index >= 15 is 0 Å². The third-order valence-electron chi connectivity index (χ3n) is 6.22. The zero-order valence-corrected chi connectivity index (χ0v) is 19.4. The van der Waals surface area contributed by atoms with Crippen LogP contribution in [-0.4, -0.2) is 51.6 Å². The molecule has 0 aromatic heterocycles. The highest BCUT2D eigenvalue weighted by Gasteiger charge is 2.30. The smallest absolute Gasteiger partial charge is 0.283 e. The average Bonchev–Trinajstić information content (AvgIpc) is 2.75. The topological polar surface area (TPSA) is 68.2 Å². The number of ether oxygens (including phenoxy) is 2. The van der Waals surface area contributed by atoms with E-state index in [1.807, 2.05) is 0 Å². The Hall–Kier alpha value is -1.60. The number of rotatable bonds is 7. The molecule has 0 spiro atoms. The van der Waals surface area contributed by atoms with Crippen molar-refractivity contribution in [3.63, 3.8) is 0 Å². The van der Waals surface area contributed by atoms with Gasteiger partial charge in [0.15, 0.2) is 0 Å². The van der Waals surface area contributed by atoms with Gasteiger partial charge in [-0.05, 0) is 56.9 Å². The van der Waals surface area contributed by atoms with Crippen LogP contribution in [0.3, 0.4) is 0 Å². The molecule has 1 heterocycles. The summed E-state index contributed by atoms with van der Waals surface area (Å²) in [6.07, 6.45) is 8.58. The summed E-state index contributed by atoms with van der Waals surface area (Å²) >= 11 is 0. The van der Waals surface area contributed by atoms with E-state index in [0.29, 0.717) is 11.7 Å². The molecule has 7 heteroatoms. The van der Waals surface area contributed by atoms with Gasteiger partial charge in [-0.3, -0.25) is 0 Å². The second-order valence-electron chi connectivity index (χ2n) is 8.71. The molecule has 1 aromatic rings. The molecule has 168 valence electrons. The van der Waals surface area contributed by atoms with Gasteiger partial charge >= 0.3 is 0 Å². The molecule has 0 atom stereocenters. The molecule has 0 unspecified atom stereocenters. The molecule has 0 radical (unpaired) electrons. The van der Waals surface area contributed by atoms with Crippen LogP contribution in [0, 0.1) is 5.92 Å². The number of hydrogen-bond acceptors (Lipinski definition) is 4. The van der Waals surface area contributed by atoms with Crippen molar-refractivity contribution in [1.82, 2.24) is 4.90 Å². The Morgan fingerprint density at radius 2 is 1.73 bits per heavy atom. The van der Waals surface area contributed by atoms with Gasteiger partial charge in [0, 0.05) is 31.7 Å². The van der Waals surface area contributed by atoms with Crippen LogP contribution in [0.25, 0.3) is 0 Å². The highest BCUT2D eigenvalue weighted by atomic mass is 32.2. The summed E-state index contributed by atoms with van der Waals surface area (Å²) in [4.78, 5) is 2.47. The van der Waals surface area contributed by atoms with Crippen molar-refractivity contribution in [1.29, 1.82) is 0 Å². The maximum atomic E-state index is 13.2. The third kappa shape index (κ3) is 5.97. The minimum atomic E-state index is -3.79. The van der Waals surface area contributed by atoms with E-state index in [1.54, 1.807) is 31.4 Å². The lowest BCUT2D eigenvalue weighted by Crippen LogP contribution is -2.48. The van der Waals surface area contributed by atoms with Crippen LogP contribution in [0.2, 0.25) is 0 Å². The van der Waals surface area contributed by atoms with Crippen molar-refractivity contribution < 1.29 is 17.9 Å². The quantitative estimate of drug-likeness (QED) is 0.460. The van der Waals surface area contributed by atoms with Crippen LogP contribution in [-0.2, 0) is 14.8 Å². The number of methoxy groups -OCH3 is 1. The van der Waals surface area contributed by atoms with Gasteiger partial charge in [-0.1, -0.05) is 32.1 Å². The van der Waals surface area contributed by atoms with Gasteiger partial charge in [-0.15, -0.1) is 4.40 Å². The largest absolute Gasteiger partial charge is 0.497 e. The number of sulfonamides is 1. The monoisotopic (exact) mass is 436 g/mol. The standard InChI is InChI=1S/C23H36N2O4S/c1-18(2)25(20-13-15-29-16-14-20)23(17-19-7-5-4-6-8-19)24-30(26,27)22-11-9-21(28-3)10-12-22/h9-12,18-20H,4-8,13-17H2,1-3H3. The summed E-state index contributed by atoms with van der Waals surface area (Å²) in [7, 11) is -2.23. The fourth-order valence-corrected chi connectivity index (χ4v) is 5.70. The molecule has 3 rings (SSSR count). The second-order valence-corrected chi connectivity index (χ2v) is 10.3. The highest BCUT2D eigenvalue weighted by molar-refractivity contribution is 7.90. The molecule has 1 aromatic carbocycles. The maximum absolute atomic E-state index is 13.2. The Kier molecular flexibility index (Phi) is 8.17. The SMILES string of the molecule is COc1ccc(S(=O)(=O)N=C(CC2CCCCC2)N(C(C)C)C2CCOCC2)cc1. The number of hydrogen-bond donors (Lipinski definition) is 0. The first-order valence-electron chi connectivity index (χ1n) is 11.2. The second kappa shape index (κ2) is 10.6. The van der Waals surface area contributed by atoms with Gasteiger partial charge in [-0.25, -0.2) is 0 Å². The summed E-state index contributed by atoms with van der Waals surface area (Å²) in [5.74, 6) is 1.86. The predicted octanol–water partition coefficient (Wildman–Crippen LogP) is 4.64. The van der Waals surface area contributed by atoms with Crippen molar-refractivity contribution >= 4 is 15.9 Å². The lowest BCUT2D eigenvalue weighted by molar-refractivity contribution is 0.0475. The van der Waals surface area contributed by atoms with Crippen molar-refractivity contribution in [2.75, 3.05) is 20.3 Å². The lowest BCUT2D eigenvalue weighted by atomic mass is 9.86. The number of nitrogens with zero attached hydrogens (tertiary/aromatic N) is 2. The molecule has 1 saturated carbocycles. The minimum Gasteiger partial charge on any atom is -0.497 e. The van der Waals surface area contributed by atoms with Crippen LogP contribution in [0.5, 0.6) is 5.75 Å². The summed E-state index contributed by atoms with van der Waals surface area (Å²) in [5, 5.41) is 0. The van der Waals surface area contributed by atoms with E-state index in [-0.39, 0.29) is 17.0 Å². The summed E-state index contributed by atoms with van der Waals surface area (Å²) in [5.41, 5.74) is 0. The highest BCUT2D eigenvalue weighted by Crippen LogP contribution is 2.30. The Morgan fingerprint density at radius 1 is 1.10 bits per heavy atom. The Bertz CT molecular complexity index is 793. The van der Waals surface area contributed by atoms with Gasteiger partial charge in [0.05, 0.1) is 12.0 Å². The van der Waals surface area contributed by atoms with Crippen molar-refractivity contribution in [2.45, 2.75) is 82.2 Å². The minimum absolute atomic E-state index is 0.182. The van der Waals surface area contributed by atoms with E-state index in [0.717, 1.165) is 51.2 Å². The summed E-state index contributed by atoms with van der Waals surface area (Å²) < 4.78 is 41.6. The Morgan fingerprint density at radius 3 is 2.30 bits per heavy atom. The molecule has 1 aliphatic heterocycles. The van der Waals surface area contributed by atoms with Gasteiger partial charge in [0.2, 0.25) is 0 Å². The van der Waals surface area contributed by atoms with Gasteiger partial charge in [-0.2, -0.15) is 8.42 Å². The molecule has 2 aliphatic rings. The fourth-order valence-electron chi connectivity index (χ4n) is 4.67. The summed E-state index contributed by atoms with van der Waals surface area (Å²) in [6, 6.07) is 6.94. The molecular formula is C23H36N2O4S. The lowest BCUT2D eigenvalue weighted by Gasteiger charge is -2.40. The van der Waals surface area contributed by atoms with Crippen molar-refractivity contribution in [2.24, 2.45) is 10.3 Å². The molecule has 1 aliphatic carbocycles. The van der Waals surface area contributed by atoms with Crippen LogP contribution < -0.4 is 4.74 Å². The zero-order valence-electron chi connectivity index (χ0n) is 18.5. The maximum Gasteiger partial charge on any atom is 0.283 e. The van der Waals surface area contributed by atoms with E-state index in [2.05, 4.69) is 23.1 Å². The van der Waals surface area contributed by atoms with Crippen LogP contribution in [0.4, 0.5) is 0 Å². The van der Waals surface area contributed by atoms with Crippen LogP contribution in [0.1, 0.15) is 65.2 Å². The Balaban J connectivity index is 1.95. The average molecular weight is 437 g/mol. The van der Waals surface area contributed by atoms with Crippen molar-refractivity contribution in [3.8, 4) is 5.75 Å². The molecule has 30 heavy (non-hydrogen) atoms. The fraction of sp³-hybridized carbons (Fsp3) is 0.696. The van der Waals surface area contributed by atoms with Crippen LogP contribution >= 0.6 is 0 Å². The molecular weight excluding hydrogens is 400 g/mol. The van der Waals surface area contributed by atoms with Gasteiger partial charge in [0.1, 0.15) is 11.6 Å². The molecule has 1 saturated heterocycles. The molecule has 6 nitrogen and oxygen atoms in total. The van der Waals surface area contributed by atoms with E-state index in [4.69, 9.17) is 9.47 Å². The van der Waals surface area contributed by atoms with Crippen LogP contribution in [0.15, 0.2) is 33.6 Å². The molecule has 2 fully saturated rings. The van der Waals surface area contributed by atoms with E-state index < -0.39 is 10.0 Å². The first kappa shape index (κ1) is 23.1. The zero-order chi connectivity index (χ0) is 21.6. The van der Waals surface area contributed by atoms with Gasteiger partial charge in [0.25, 0.3) is 10.0 Å². The molecule has 0 N–H and O–H groups in total. The van der Waals surface area contributed by atoms with Gasteiger partial charge < -0.3 is 14.4 Å². The van der Waals surface area contributed by atoms with Crippen molar-refractivity contribution in [3.05, 3.63) is 24.3 Å².